The minimum Gasteiger partial charge on any atom is -0.493 e. The maximum absolute atomic E-state index is 12.1. The number of alkyl carbamates (subject to hydrolysis) is 1. The number of carbonyl (C=O) groups is 1. The first-order valence-corrected chi connectivity index (χ1v) is 12.3. The Hall–Kier alpha value is -4.18. The summed E-state index contributed by atoms with van der Waals surface area (Å²) in [5, 5.41) is 14.9. The minimum atomic E-state index is -0.615. The topological polar surface area (TPSA) is 142 Å². The zero-order valence-corrected chi connectivity index (χ0v) is 22.2. The quantitative estimate of drug-likeness (QED) is 0.291. The second-order valence-corrected chi connectivity index (χ2v) is 9.98. The largest absolute Gasteiger partial charge is 0.493 e. The number of nitrogen functional groups attached to an aromatic ring is 1. The minimum absolute atomic E-state index is 0.204. The Labute approximate surface area is 221 Å². The lowest BCUT2D eigenvalue weighted by molar-refractivity contribution is 0.0479. The number of fused-ring (bicyclic) bond motifs is 3. The van der Waals surface area contributed by atoms with Crippen LogP contribution in [-0.4, -0.2) is 58.6 Å². The highest BCUT2D eigenvalue weighted by atomic mass is 16.6. The van der Waals surface area contributed by atoms with Crippen LogP contribution in [-0.2, 0) is 11.2 Å². The fourth-order valence-corrected chi connectivity index (χ4v) is 4.19. The molecule has 0 aliphatic carbocycles. The number of anilines is 1. The number of nitrogens with one attached hydrogen (secondary N) is 1. The number of amides is 1. The number of carbonyl (C=O) groups excluding carboxylic acids is 1. The molecule has 0 unspecified atom stereocenters. The molecule has 10 heteroatoms. The van der Waals surface area contributed by atoms with E-state index < -0.39 is 17.7 Å². The Kier molecular flexibility index (Phi) is 7.82. The third-order valence-electron chi connectivity index (χ3n) is 6.03. The SMILES string of the molecule is COc1cc2ncc3c(N)nc(-c4cncc(CC[C@H](CO)NC(=O)OC(C)(C)C)c4)cc3c2cc1OC. The van der Waals surface area contributed by atoms with E-state index in [2.05, 4.69) is 20.3 Å². The zero-order valence-electron chi connectivity index (χ0n) is 22.2. The van der Waals surface area contributed by atoms with E-state index in [0.29, 0.717) is 35.9 Å². The number of benzene rings is 1. The van der Waals surface area contributed by atoms with Crippen LogP contribution in [0.1, 0.15) is 32.8 Å². The molecular weight excluding hydrogens is 486 g/mol. The smallest absolute Gasteiger partial charge is 0.407 e. The molecule has 0 saturated carbocycles. The van der Waals surface area contributed by atoms with Crippen LogP contribution in [0.4, 0.5) is 10.6 Å². The summed E-state index contributed by atoms with van der Waals surface area (Å²) in [6.07, 6.45) is 5.71. The molecule has 0 saturated heterocycles. The van der Waals surface area contributed by atoms with E-state index in [4.69, 9.17) is 19.9 Å². The van der Waals surface area contributed by atoms with Crippen molar-refractivity contribution in [3.05, 3.63) is 48.4 Å². The normalized spacial score (nSPS) is 12.4. The molecular formula is C28H33N5O5. The van der Waals surface area contributed by atoms with Crippen molar-refractivity contribution < 1.29 is 24.1 Å². The van der Waals surface area contributed by atoms with E-state index in [0.717, 1.165) is 32.8 Å². The van der Waals surface area contributed by atoms with Crippen molar-refractivity contribution in [3.63, 3.8) is 0 Å². The molecule has 0 aliphatic rings. The Balaban J connectivity index is 1.62. The van der Waals surface area contributed by atoms with Gasteiger partial charge in [0.25, 0.3) is 0 Å². The van der Waals surface area contributed by atoms with Crippen LogP contribution in [0.3, 0.4) is 0 Å². The molecule has 4 rings (SSSR count). The summed E-state index contributed by atoms with van der Waals surface area (Å²) < 4.78 is 16.2. The van der Waals surface area contributed by atoms with Gasteiger partial charge in [0, 0.05) is 41.0 Å². The molecule has 4 aromatic rings. The van der Waals surface area contributed by atoms with E-state index in [1.807, 2.05) is 24.3 Å². The molecule has 0 aliphatic heterocycles. The number of nitrogens with two attached hydrogens (primary N) is 1. The molecule has 1 amide bonds. The molecule has 0 spiro atoms. The van der Waals surface area contributed by atoms with Gasteiger partial charge in [0.2, 0.25) is 0 Å². The second kappa shape index (κ2) is 11.1. The molecule has 1 aromatic carbocycles. The number of aliphatic hydroxyl groups excluding tert-OH is 1. The van der Waals surface area contributed by atoms with Gasteiger partial charge in [-0.05, 0) is 62.8 Å². The zero-order chi connectivity index (χ0) is 27.4. The summed E-state index contributed by atoms with van der Waals surface area (Å²) in [6.45, 7) is 5.16. The molecule has 0 fully saturated rings. The first-order chi connectivity index (χ1) is 18.1. The fraction of sp³-hybridized carbons (Fsp3) is 0.357. The van der Waals surface area contributed by atoms with Crippen molar-refractivity contribution in [1.29, 1.82) is 0 Å². The maximum Gasteiger partial charge on any atom is 0.407 e. The Morgan fingerprint density at radius 3 is 2.45 bits per heavy atom. The van der Waals surface area contributed by atoms with Gasteiger partial charge < -0.3 is 30.4 Å². The Morgan fingerprint density at radius 2 is 1.76 bits per heavy atom. The van der Waals surface area contributed by atoms with Crippen LogP contribution in [0.15, 0.2) is 42.9 Å². The number of ether oxygens (including phenoxy) is 3. The van der Waals surface area contributed by atoms with Gasteiger partial charge in [0.15, 0.2) is 11.5 Å². The van der Waals surface area contributed by atoms with Crippen LogP contribution in [0.25, 0.3) is 32.9 Å². The lowest BCUT2D eigenvalue weighted by atomic mass is 10.0. The van der Waals surface area contributed by atoms with E-state index in [1.54, 1.807) is 53.6 Å². The molecule has 0 radical (unpaired) electrons. The Morgan fingerprint density at radius 1 is 1.03 bits per heavy atom. The lowest BCUT2D eigenvalue weighted by Gasteiger charge is -2.22. The van der Waals surface area contributed by atoms with Crippen molar-refractivity contribution >= 4 is 33.6 Å². The highest BCUT2D eigenvalue weighted by Crippen LogP contribution is 2.37. The average molecular weight is 520 g/mol. The van der Waals surface area contributed by atoms with Crippen LogP contribution < -0.4 is 20.5 Å². The number of nitrogens with zero attached hydrogens (tertiary/aromatic N) is 3. The number of hydrogen-bond acceptors (Lipinski definition) is 9. The van der Waals surface area contributed by atoms with Gasteiger partial charge in [-0.15, -0.1) is 0 Å². The maximum atomic E-state index is 12.1. The van der Waals surface area contributed by atoms with Gasteiger partial charge in [-0.25, -0.2) is 9.78 Å². The van der Waals surface area contributed by atoms with Crippen molar-refractivity contribution in [2.45, 2.75) is 45.3 Å². The van der Waals surface area contributed by atoms with Crippen molar-refractivity contribution in [1.82, 2.24) is 20.3 Å². The fourth-order valence-electron chi connectivity index (χ4n) is 4.19. The van der Waals surface area contributed by atoms with Crippen molar-refractivity contribution in [3.8, 4) is 22.8 Å². The first kappa shape index (κ1) is 26.9. The van der Waals surface area contributed by atoms with E-state index in [9.17, 15) is 9.90 Å². The molecule has 200 valence electrons. The molecule has 4 N–H and O–H groups in total. The number of pyridine rings is 3. The third-order valence-corrected chi connectivity index (χ3v) is 6.03. The number of aryl methyl sites for hydroxylation is 1. The summed E-state index contributed by atoms with van der Waals surface area (Å²) in [5.74, 6) is 1.54. The predicted molar refractivity (Wildman–Crippen MR) is 146 cm³/mol. The monoisotopic (exact) mass is 519 g/mol. The highest BCUT2D eigenvalue weighted by molar-refractivity contribution is 6.10. The predicted octanol–water partition coefficient (Wildman–Crippen LogP) is 4.26. The number of methoxy groups -OCH3 is 2. The highest BCUT2D eigenvalue weighted by Gasteiger charge is 2.19. The molecule has 38 heavy (non-hydrogen) atoms. The van der Waals surface area contributed by atoms with Gasteiger partial charge in [-0.3, -0.25) is 9.97 Å². The second-order valence-electron chi connectivity index (χ2n) is 9.98. The number of rotatable bonds is 8. The van der Waals surface area contributed by atoms with Gasteiger partial charge in [-0.2, -0.15) is 0 Å². The molecule has 10 nitrogen and oxygen atoms in total. The van der Waals surface area contributed by atoms with E-state index in [-0.39, 0.29) is 6.61 Å². The van der Waals surface area contributed by atoms with E-state index in [1.165, 1.54) is 0 Å². The summed E-state index contributed by atoms with van der Waals surface area (Å²) in [4.78, 5) is 25.6. The number of hydrogen-bond donors (Lipinski definition) is 3. The summed E-state index contributed by atoms with van der Waals surface area (Å²) in [5.41, 5.74) is 8.86. The third kappa shape index (κ3) is 6.03. The number of aromatic nitrogens is 3. The van der Waals surface area contributed by atoms with E-state index >= 15 is 0 Å². The average Bonchev–Trinajstić information content (AvgIpc) is 2.89. The Bertz CT molecular complexity index is 1470. The lowest BCUT2D eigenvalue weighted by Crippen LogP contribution is -2.41. The molecule has 1 atom stereocenters. The van der Waals surface area contributed by atoms with Gasteiger partial charge in [0.05, 0.1) is 38.1 Å². The summed E-state index contributed by atoms with van der Waals surface area (Å²) in [7, 11) is 3.17. The van der Waals surface area contributed by atoms with Crippen molar-refractivity contribution in [2.75, 3.05) is 26.6 Å². The van der Waals surface area contributed by atoms with Gasteiger partial charge in [0.1, 0.15) is 11.4 Å². The first-order valence-electron chi connectivity index (χ1n) is 12.3. The summed E-state index contributed by atoms with van der Waals surface area (Å²) >= 11 is 0. The van der Waals surface area contributed by atoms with Crippen LogP contribution in [0, 0.1) is 0 Å². The van der Waals surface area contributed by atoms with Crippen LogP contribution in [0.5, 0.6) is 11.5 Å². The molecule has 3 aromatic heterocycles. The molecule has 3 heterocycles. The van der Waals surface area contributed by atoms with Gasteiger partial charge in [-0.1, -0.05) is 0 Å². The van der Waals surface area contributed by atoms with Crippen molar-refractivity contribution in [2.24, 2.45) is 0 Å². The standard InChI is InChI=1S/C28H33N5O5/c1-28(2,3)38-27(35)32-18(15-34)7-6-16-8-17(13-30-12-16)22-9-19-20-10-24(36-4)25(37-5)11-23(20)31-14-21(19)26(29)33-22/h8-14,18,34H,6-7,15H2,1-5H3,(H2,29,33)(H,32,35)/t18-/m1/s1. The van der Waals surface area contributed by atoms with Gasteiger partial charge >= 0.3 is 6.09 Å². The molecule has 0 bridgehead atoms. The number of aliphatic hydroxyl groups is 1. The van der Waals surface area contributed by atoms with Crippen LogP contribution in [0.2, 0.25) is 0 Å². The summed E-state index contributed by atoms with van der Waals surface area (Å²) in [6, 6.07) is 7.20. The van der Waals surface area contributed by atoms with Crippen LogP contribution >= 0.6 is 0 Å².